The summed E-state index contributed by atoms with van der Waals surface area (Å²) in [5.41, 5.74) is 1.14. The zero-order valence-electron chi connectivity index (χ0n) is 8.17. The Labute approximate surface area is 91.9 Å². The summed E-state index contributed by atoms with van der Waals surface area (Å²) >= 11 is 1.28. The Morgan fingerprint density at radius 1 is 1.80 bits per heavy atom. The van der Waals surface area contributed by atoms with Gasteiger partial charge in [-0.2, -0.15) is 5.26 Å². The van der Waals surface area contributed by atoms with Crippen LogP contribution in [0.3, 0.4) is 0 Å². The fraction of sp³-hybridized carbons (Fsp3) is 0.300. The van der Waals surface area contributed by atoms with Crippen LogP contribution in [0, 0.1) is 11.3 Å². The molecular weight excluding hydrogens is 212 g/mol. The van der Waals surface area contributed by atoms with Crippen molar-refractivity contribution in [2.75, 3.05) is 0 Å². The average Bonchev–Trinajstić information content (AvgIpc) is 2.26. The van der Waals surface area contributed by atoms with Crippen LogP contribution in [0.4, 0.5) is 0 Å². The normalized spacial score (nSPS) is 11.7. The van der Waals surface area contributed by atoms with Gasteiger partial charge in [-0.3, -0.25) is 4.79 Å². The Kier molecular flexibility index (Phi) is 4.13. The highest BCUT2D eigenvalue weighted by Crippen LogP contribution is 2.19. The SMILES string of the molecule is CC(SCc1cccnc1C#N)C(=O)O. The van der Waals surface area contributed by atoms with Gasteiger partial charge in [0.2, 0.25) is 0 Å². The van der Waals surface area contributed by atoms with Crippen LogP contribution in [0.15, 0.2) is 18.3 Å². The third kappa shape index (κ3) is 3.26. The van der Waals surface area contributed by atoms with Gasteiger partial charge in [-0.05, 0) is 18.6 Å². The molecule has 0 fully saturated rings. The van der Waals surface area contributed by atoms with Gasteiger partial charge in [0.25, 0.3) is 0 Å². The van der Waals surface area contributed by atoms with E-state index in [1.54, 1.807) is 25.3 Å². The number of rotatable bonds is 4. The first-order valence-electron chi connectivity index (χ1n) is 4.33. The van der Waals surface area contributed by atoms with Crippen molar-refractivity contribution in [3.63, 3.8) is 0 Å². The van der Waals surface area contributed by atoms with E-state index in [0.29, 0.717) is 11.4 Å². The lowest BCUT2D eigenvalue weighted by molar-refractivity contribution is -0.136. The van der Waals surface area contributed by atoms with E-state index in [-0.39, 0.29) is 0 Å². The van der Waals surface area contributed by atoms with E-state index in [4.69, 9.17) is 10.4 Å². The third-order valence-electron chi connectivity index (χ3n) is 1.83. The maximum absolute atomic E-state index is 10.6. The minimum atomic E-state index is -0.845. The molecule has 0 aliphatic rings. The van der Waals surface area contributed by atoms with Gasteiger partial charge in [-0.25, -0.2) is 4.98 Å². The van der Waals surface area contributed by atoms with E-state index in [2.05, 4.69) is 4.98 Å². The van der Waals surface area contributed by atoms with Crippen molar-refractivity contribution in [2.45, 2.75) is 17.9 Å². The van der Waals surface area contributed by atoms with Gasteiger partial charge < -0.3 is 5.11 Å². The van der Waals surface area contributed by atoms with Crippen molar-refractivity contribution in [3.8, 4) is 6.07 Å². The van der Waals surface area contributed by atoms with Crippen molar-refractivity contribution in [2.24, 2.45) is 0 Å². The second-order valence-electron chi connectivity index (χ2n) is 2.91. The molecule has 0 saturated heterocycles. The fourth-order valence-electron chi connectivity index (χ4n) is 0.942. The Bertz CT molecular complexity index is 401. The summed E-state index contributed by atoms with van der Waals surface area (Å²) in [7, 11) is 0. The van der Waals surface area contributed by atoms with Gasteiger partial charge >= 0.3 is 5.97 Å². The predicted octanol–water partition coefficient (Wildman–Crippen LogP) is 1.66. The van der Waals surface area contributed by atoms with Crippen LogP contribution in [-0.4, -0.2) is 21.3 Å². The molecule has 78 valence electrons. The first-order valence-corrected chi connectivity index (χ1v) is 5.38. The smallest absolute Gasteiger partial charge is 0.316 e. The molecule has 0 aromatic carbocycles. The zero-order valence-corrected chi connectivity index (χ0v) is 8.99. The average molecular weight is 222 g/mol. The van der Waals surface area contributed by atoms with E-state index in [0.717, 1.165) is 5.56 Å². The van der Waals surface area contributed by atoms with Crippen LogP contribution in [0.25, 0.3) is 0 Å². The van der Waals surface area contributed by atoms with Crippen LogP contribution in [-0.2, 0) is 10.5 Å². The number of aromatic nitrogens is 1. The first-order chi connectivity index (χ1) is 7.15. The summed E-state index contributed by atoms with van der Waals surface area (Å²) in [6.07, 6.45) is 1.55. The highest BCUT2D eigenvalue weighted by molar-refractivity contribution is 7.99. The molecule has 0 saturated carbocycles. The molecule has 0 aliphatic carbocycles. The van der Waals surface area contributed by atoms with E-state index in [9.17, 15) is 4.79 Å². The Balaban J connectivity index is 2.66. The molecule has 1 N–H and O–H groups in total. The number of carboxylic acid groups (broad SMARTS) is 1. The van der Waals surface area contributed by atoms with Crippen LogP contribution in [0.5, 0.6) is 0 Å². The number of carbonyl (C=O) groups is 1. The molecule has 1 aromatic heterocycles. The number of carboxylic acids is 1. The molecule has 1 heterocycles. The lowest BCUT2D eigenvalue weighted by Crippen LogP contribution is -2.11. The van der Waals surface area contributed by atoms with Crippen LogP contribution >= 0.6 is 11.8 Å². The molecular formula is C10H10N2O2S. The number of nitriles is 1. The highest BCUT2D eigenvalue weighted by Gasteiger charge is 2.12. The molecule has 0 bridgehead atoms. The van der Waals surface area contributed by atoms with Crippen LogP contribution in [0.1, 0.15) is 18.2 Å². The number of thioether (sulfide) groups is 1. The molecule has 1 rings (SSSR count). The fourth-order valence-corrected chi connectivity index (χ4v) is 1.75. The van der Waals surface area contributed by atoms with Gasteiger partial charge in [0.1, 0.15) is 11.8 Å². The zero-order chi connectivity index (χ0) is 11.3. The van der Waals surface area contributed by atoms with Gasteiger partial charge in [0.15, 0.2) is 0 Å². The summed E-state index contributed by atoms with van der Waals surface area (Å²) in [5, 5.41) is 17.0. The minimum absolute atomic E-state index is 0.364. The summed E-state index contributed by atoms with van der Waals surface area (Å²) in [6.45, 7) is 1.62. The number of aliphatic carboxylic acids is 1. The quantitative estimate of drug-likeness (QED) is 0.838. The van der Waals surface area contributed by atoms with Gasteiger partial charge in [0, 0.05) is 11.9 Å². The van der Waals surface area contributed by atoms with Crippen molar-refractivity contribution < 1.29 is 9.90 Å². The summed E-state index contributed by atoms with van der Waals surface area (Å²) in [6, 6.07) is 5.50. The maximum Gasteiger partial charge on any atom is 0.316 e. The van der Waals surface area contributed by atoms with E-state index in [1.807, 2.05) is 6.07 Å². The monoisotopic (exact) mass is 222 g/mol. The molecule has 15 heavy (non-hydrogen) atoms. The van der Waals surface area contributed by atoms with E-state index < -0.39 is 11.2 Å². The lowest BCUT2D eigenvalue weighted by atomic mass is 10.2. The van der Waals surface area contributed by atoms with Gasteiger partial charge in [-0.1, -0.05) is 6.07 Å². The molecule has 1 aromatic rings. The Hall–Kier alpha value is -1.54. The summed E-state index contributed by atoms with van der Waals surface area (Å²) in [4.78, 5) is 14.5. The molecule has 4 nitrogen and oxygen atoms in total. The first kappa shape index (κ1) is 11.5. The number of nitrogens with zero attached hydrogens (tertiary/aromatic N) is 2. The Morgan fingerprint density at radius 3 is 3.13 bits per heavy atom. The topological polar surface area (TPSA) is 74.0 Å². The molecule has 0 aliphatic heterocycles. The lowest BCUT2D eigenvalue weighted by Gasteiger charge is -2.06. The van der Waals surface area contributed by atoms with Crippen molar-refractivity contribution in [3.05, 3.63) is 29.6 Å². The highest BCUT2D eigenvalue weighted by atomic mass is 32.2. The van der Waals surface area contributed by atoms with Gasteiger partial charge in [-0.15, -0.1) is 11.8 Å². The van der Waals surface area contributed by atoms with E-state index in [1.165, 1.54) is 11.8 Å². The number of pyridine rings is 1. The summed E-state index contributed by atoms with van der Waals surface area (Å²) < 4.78 is 0. The molecule has 5 heteroatoms. The van der Waals surface area contributed by atoms with Crippen molar-refractivity contribution in [1.29, 1.82) is 5.26 Å². The second kappa shape index (κ2) is 5.37. The predicted molar refractivity (Wildman–Crippen MR) is 57.3 cm³/mol. The molecule has 0 radical (unpaired) electrons. The number of hydrogen-bond acceptors (Lipinski definition) is 4. The maximum atomic E-state index is 10.6. The molecule has 0 amide bonds. The van der Waals surface area contributed by atoms with Gasteiger partial charge in [0.05, 0.1) is 5.25 Å². The number of hydrogen-bond donors (Lipinski definition) is 1. The van der Waals surface area contributed by atoms with Crippen molar-refractivity contribution >= 4 is 17.7 Å². The summed E-state index contributed by atoms with van der Waals surface area (Å²) in [5.74, 6) is -0.355. The molecule has 1 atom stereocenters. The van der Waals surface area contributed by atoms with Crippen LogP contribution < -0.4 is 0 Å². The largest absolute Gasteiger partial charge is 0.480 e. The standard InChI is InChI=1S/C10H10N2O2S/c1-7(10(13)14)15-6-8-3-2-4-12-9(8)5-11/h2-4,7H,6H2,1H3,(H,13,14). The second-order valence-corrected chi connectivity index (χ2v) is 4.24. The third-order valence-corrected chi connectivity index (χ3v) is 3.01. The van der Waals surface area contributed by atoms with E-state index >= 15 is 0 Å². The molecule has 1 unspecified atom stereocenters. The Morgan fingerprint density at radius 2 is 2.53 bits per heavy atom. The van der Waals surface area contributed by atoms with Crippen molar-refractivity contribution in [1.82, 2.24) is 4.98 Å². The minimum Gasteiger partial charge on any atom is -0.480 e. The van der Waals surface area contributed by atoms with Crippen LogP contribution in [0.2, 0.25) is 0 Å². The molecule has 0 spiro atoms.